The van der Waals surface area contributed by atoms with Crippen LogP contribution in [0, 0.1) is 13.8 Å². The van der Waals surface area contributed by atoms with Gasteiger partial charge in [0.1, 0.15) is 11.2 Å². The molecule has 0 fully saturated rings. The van der Waals surface area contributed by atoms with Crippen LogP contribution in [0.3, 0.4) is 0 Å². The third-order valence-electron chi connectivity index (χ3n) is 21.0. The van der Waals surface area contributed by atoms with Gasteiger partial charge in [0, 0.05) is 98.3 Å². The van der Waals surface area contributed by atoms with E-state index in [4.69, 9.17) is 8.83 Å². The topological polar surface area (TPSA) is 41.6 Å². The van der Waals surface area contributed by atoms with Gasteiger partial charge in [0.25, 0.3) is 0 Å². The van der Waals surface area contributed by atoms with Crippen molar-refractivity contribution in [3.05, 3.63) is 327 Å². The molecule has 6 heteroatoms. The van der Waals surface area contributed by atoms with Crippen LogP contribution in [-0.2, 0) is 0 Å². The van der Waals surface area contributed by atoms with Crippen LogP contribution < -0.4 is 9.80 Å². The quantitative estimate of drug-likeness (QED) is 0.137. The summed E-state index contributed by atoms with van der Waals surface area (Å²) in [4.78, 5) is 4.93. The summed E-state index contributed by atoms with van der Waals surface area (Å²) >= 11 is 0. The van der Waals surface area contributed by atoms with E-state index in [0.29, 0.717) is 0 Å². The summed E-state index contributed by atoms with van der Waals surface area (Å²) in [6.45, 7) is 4.44. The standard InChI is InChI=1S/C92H58N4O2/c1-55-45-49-71-67-35-17-21-43-79(67)97-91(71)85(55)93(75-41-19-15-33-63(75)57-25-7-3-8-26-57)61-47-51-65-69-37-23-39-73-83-82(60-31-13-6-14-32-60)90-84(81(59-29-11-5-12-30-59)89(83)95(87(69)73)77(65)53-61)74-40-24-38-70-66-52-48-62(54-78(66)96(90)88(70)74)94(76-42-20-16-34-64(76)58-27-9-4-10-28-58)86-56(2)46-50-72-68-36-18-22-44-80(68)98-92(72)86/h3-54H,1-2H3. The first-order valence-corrected chi connectivity index (χ1v) is 33.7. The predicted molar refractivity (Wildman–Crippen MR) is 411 cm³/mol. The first-order valence-electron chi connectivity index (χ1n) is 33.7. The SMILES string of the molecule is Cc1ccc2c(oc3ccccc32)c1N(c1ccc2c3cccc4c5c(-c6ccccc6)c6c(c(-c7ccccc7)c5n(c2c1)c34)c1cccc2c3ccc(N(c4ccccc4-c4ccccc4)c4c(C)ccc5c4oc4ccccc45)cc3n6c21)c1ccccc1-c1ccccc1. The van der Waals surface area contributed by atoms with E-state index in [0.717, 1.165) is 134 Å². The maximum absolute atomic E-state index is 7.06. The molecule has 0 amide bonds. The van der Waals surface area contributed by atoms with Gasteiger partial charge < -0.3 is 27.4 Å². The lowest BCUT2D eigenvalue weighted by Gasteiger charge is -2.29. The molecule has 458 valence electrons. The molecule has 6 heterocycles. The third kappa shape index (κ3) is 7.62. The molecule has 0 radical (unpaired) electrons. The number of hydrogen-bond acceptors (Lipinski definition) is 4. The molecular formula is C92H58N4O2. The van der Waals surface area contributed by atoms with Gasteiger partial charge in [-0.25, -0.2) is 0 Å². The highest BCUT2D eigenvalue weighted by molar-refractivity contribution is 6.38. The number of nitrogens with zero attached hydrogens (tertiary/aromatic N) is 4. The molecule has 0 unspecified atom stereocenters. The van der Waals surface area contributed by atoms with Crippen molar-refractivity contribution in [2.75, 3.05) is 9.80 Å². The number of benzene rings is 15. The molecule has 6 aromatic heterocycles. The van der Waals surface area contributed by atoms with E-state index in [1.807, 2.05) is 0 Å². The van der Waals surface area contributed by atoms with Gasteiger partial charge in [0.2, 0.25) is 0 Å². The highest BCUT2D eigenvalue weighted by atomic mass is 16.3. The van der Waals surface area contributed by atoms with Crippen LogP contribution in [0.1, 0.15) is 11.1 Å². The summed E-state index contributed by atoms with van der Waals surface area (Å²) in [5.74, 6) is 0. The molecule has 21 rings (SSSR count). The number of hydrogen-bond donors (Lipinski definition) is 0. The van der Waals surface area contributed by atoms with Gasteiger partial charge in [-0.05, 0) is 95.8 Å². The Morgan fingerprint density at radius 2 is 0.612 bits per heavy atom. The zero-order valence-electron chi connectivity index (χ0n) is 53.6. The van der Waals surface area contributed by atoms with Gasteiger partial charge >= 0.3 is 0 Å². The van der Waals surface area contributed by atoms with Crippen LogP contribution in [0.25, 0.3) is 165 Å². The van der Waals surface area contributed by atoms with Gasteiger partial charge in [-0.15, -0.1) is 0 Å². The van der Waals surface area contributed by atoms with Crippen molar-refractivity contribution < 1.29 is 8.83 Å². The largest absolute Gasteiger partial charge is 0.454 e. The summed E-state index contributed by atoms with van der Waals surface area (Å²) < 4.78 is 19.4. The number of aryl methyl sites for hydroxylation is 2. The van der Waals surface area contributed by atoms with Gasteiger partial charge in [-0.1, -0.05) is 267 Å². The summed E-state index contributed by atoms with van der Waals surface area (Å²) in [5, 5.41) is 13.9. The molecule has 15 aromatic carbocycles. The molecule has 0 spiro atoms. The zero-order valence-corrected chi connectivity index (χ0v) is 53.6. The number of aromatic nitrogens is 2. The first kappa shape index (κ1) is 54.5. The molecule has 0 aliphatic carbocycles. The van der Waals surface area contributed by atoms with Crippen LogP contribution in [0.15, 0.2) is 324 Å². The monoisotopic (exact) mass is 1250 g/mol. The molecule has 0 aliphatic rings. The van der Waals surface area contributed by atoms with Crippen LogP contribution in [0.2, 0.25) is 0 Å². The van der Waals surface area contributed by atoms with Crippen molar-refractivity contribution >= 4 is 154 Å². The Hall–Kier alpha value is -12.9. The van der Waals surface area contributed by atoms with E-state index < -0.39 is 0 Å². The van der Waals surface area contributed by atoms with E-state index in [2.05, 4.69) is 348 Å². The molecule has 0 bridgehead atoms. The minimum absolute atomic E-state index is 0.849. The number of anilines is 6. The van der Waals surface area contributed by atoms with E-state index >= 15 is 0 Å². The van der Waals surface area contributed by atoms with E-state index in [9.17, 15) is 0 Å². The lowest BCUT2D eigenvalue weighted by atomic mass is 9.89. The molecule has 98 heavy (non-hydrogen) atoms. The van der Waals surface area contributed by atoms with E-state index in [-0.39, 0.29) is 0 Å². The summed E-state index contributed by atoms with van der Waals surface area (Å²) in [5.41, 5.74) is 27.9. The van der Waals surface area contributed by atoms with Gasteiger partial charge in [-0.3, -0.25) is 0 Å². The van der Waals surface area contributed by atoms with Crippen LogP contribution in [0.4, 0.5) is 34.1 Å². The summed E-state index contributed by atoms with van der Waals surface area (Å²) in [7, 11) is 0. The fraction of sp³-hybridized carbons (Fsp3) is 0.0217. The van der Waals surface area contributed by atoms with Crippen molar-refractivity contribution in [3.8, 4) is 44.5 Å². The highest BCUT2D eigenvalue weighted by Gasteiger charge is 2.33. The lowest BCUT2D eigenvalue weighted by Crippen LogP contribution is -2.13. The van der Waals surface area contributed by atoms with Gasteiger partial charge in [-0.2, -0.15) is 0 Å². The van der Waals surface area contributed by atoms with Gasteiger partial charge in [0.15, 0.2) is 11.2 Å². The highest BCUT2D eigenvalue weighted by Crippen LogP contribution is 2.57. The van der Waals surface area contributed by atoms with Crippen molar-refractivity contribution in [2.24, 2.45) is 0 Å². The first-order chi connectivity index (χ1) is 48.5. The minimum Gasteiger partial charge on any atom is -0.454 e. The minimum atomic E-state index is 0.849. The molecule has 6 nitrogen and oxygen atoms in total. The van der Waals surface area contributed by atoms with Crippen molar-refractivity contribution in [2.45, 2.75) is 13.8 Å². The Morgan fingerprint density at radius 3 is 1.04 bits per heavy atom. The average Bonchev–Trinajstić information content (AvgIpc) is 1.49. The Morgan fingerprint density at radius 1 is 0.265 bits per heavy atom. The Labute approximate surface area is 563 Å². The predicted octanol–water partition coefficient (Wildman–Crippen LogP) is 26.0. The second kappa shape index (κ2) is 20.8. The van der Waals surface area contributed by atoms with E-state index in [1.54, 1.807) is 0 Å². The average molecular weight is 1250 g/mol. The van der Waals surface area contributed by atoms with Crippen LogP contribution >= 0.6 is 0 Å². The van der Waals surface area contributed by atoms with Crippen LogP contribution in [0.5, 0.6) is 0 Å². The Bertz CT molecular complexity index is 6410. The van der Waals surface area contributed by atoms with E-state index in [1.165, 1.54) is 76.3 Å². The fourth-order valence-electron chi connectivity index (χ4n) is 16.9. The number of para-hydroxylation sites is 6. The van der Waals surface area contributed by atoms with Crippen LogP contribution in [-0.4, -0.2) is 8.80 Å². The number of furan rings is 2. The summed E-state index contributed by atoms with van der Waals surface area (Å²) in [6, 6.07) is 116. The molecule has 0 atom stereocenters. The number of rotatable bonds is 10. The second-order valence-electron chi connectivity index (χ2n) is 26.3. The second-order valence-corrected chi connectivity index (χ2v) is 26.3. The third-order valence-corrected chi connectivity index (χ3v) is 21.0. The van der Waals surface area contributed by atoms with Crippen molar-refractivity contribution in [1.82, 2.24) is 8.80 Å². The van der Waals surface area contributed by atoms with Crippen molar-refractivity contribution in [3.63, 3.8) is 0 Å². The van der Waals surface area contributed by atoms with Gasteiger partial charge in [0.05, 0.1) is 55.8 Å². The normalized spacial score (nSPS) is 12.2. The molecule has 21 aromatic rings. The maximum Gasteiger partial charge on any atom is 0.159 e. The molecule has 0 N–H and O–H groups in total. The number of fused-ring (bicyclic) bond motifs is 18. The molecular weight excluding hydrogens is 1190 g/mol. The van der Waals surface area contributed by atoms with Crippen molar-refractivity contribution in [1.29, 1.82) is 0 Å². The Kier molecular flexibility index (Phi) is 11.6. The maximum atomic E-state index is 7.06. The zero-order chi connectivity index (χ0) is 64.4. The smallest absolute Gasteiger partial charge is 0.159 e. The Balaban J connectivity index is 0.903. The molecule has 0 saturated heterocycles. The molecule has 0 saturated carbocycles. The molecule has 0 aliphatic heterocycles. The fourth-order valence-corrected chi connectivity index (χ4v) is 16.9. The summed E-state index contributed by atoms with van der Waals surface area (Å²) in [6.07, 6.45) is 0. The lowest BCUT2D eigenvalue weighted by molar-refractivity contribution is 0.668.